The number of nitrogens with zero attached hydrogens (tertiary/aromatic N) is 3. The fraction of sp³-hybridized carbons (Fsp3) is 0.932. The fourth-order valence-corrected chi connectivity index (χ4v) is 42.9. The Bertz CT molecular complexity index is 983. The zero-order chi connectivity index (χ0) is 43.0. The molecule has 0 saturated carbocycles. The van der Waals surface area contributed by atoms with Gasteiger partial charge < -0.3 is 35.2 Å². The fourth-order valence-electron chi connectivity index (χ4n) is 8.40. The van der Waals surface area contributed by atoms with Crippen LogP contribution >= 0.6 is 0 Å². The summed E-state index contributed by atoms with van der Waals surface area (Å²) in [6.45, 7) is 62.1. The van der Waals surface area contributed by atoms with Crippen molar-refractivity contribution in [2.75, 3.05) is 32.8 Å². The molecule has 6 nitrogen and oxygen atoms in total. The topological polar surface area (TPSA) is 51.2 Å². The van der Waals surface area contributed by atoms with Crippen molar-refractivity contribution < 1.29 is 73.9 Å². The summed E-state index contributed by atoms with van der Waals surface area (Å²) in [6, 6.07) is 5.10. The van der Waals surface area contributed by atoms with Gasteiger partial charge in [0.25, 0.3) is 0 Å². The maximum absolute atomic E-state index is 11.7. The average molecular weight is 1200 g/mol. The second kappa shape index (κ2) is 39.0. The van der Waals surface area contributed by atoms with E-state index in [0.717, 1.165) is 38.8 Å². The van der Waals surface area contributed by atoms with Crippen LogP contribution in [0.5, 0.6) is 0 Å². The molecule has 0 spiro atoms. The maximum atomic E-state index is 11.7. The third-order valence-electron chi connectivity index (χ3n) is 10.4. The van der Waals surface area contributed by atoms with E-state index in [9.17, 15) is 4.80 Å². The van der Waals surface area contributed by atoms with Crippen molar-refractivity contribution in [3.8, 4) is 0 Å². The number of rotatable bonds is 16. The van der Waals surface area contributed by atoms with Gasteiger partial charge in [-0.1, -0.05) is 194 Å². The number of hydrogen-bond donors (Lipinski definition) is 0. The van der Waals surface area contributed by atoms with Gasteiger partial charge in [-0.05, 0) is 70.0 Å². The summed E-state index contributed by atoms with van der Waals surface area (Å²) in [5.41, 5.74) is 0. The minimum absolute atomic E-state index is 0. The second-order valence-electron chi connectivity index (χ2n) is 23.1. The van der Waals surface area contributed by atoms with Gasteiger partial charge in [-0.25, -0.2) is 0 Å². The van der Waals surface area contributed by atoms with E-state index in [1.165, 1.54) is 56.8 Å². The first-order valence-corrected chi connectivity index (χ1v) is 50.9. The van der Waals surface area contributed by atoms with E-state index < -0.39 is 75.1 Å². The second-order valence-corrected chi connectivity index (χ2v) is 64.5. The minimum Gasteiger partial charge on any atom is -1.00 e. The first-order chi connectivity index (χ1) is 24.0. The van der Waals surface area contributed by atoms with E-state index >= 15 is 0 Å². The van der Waals surface area contributed by atoms with Gasteiger partial charge in [0.05, 0.1) is 0 Å². The van der Waals surface area contributed by atoms with Gasteiger partial charge in [-0.15, -0.1) is 6.58 Å². The van der Waals surface area contributed by atoms with E-state index in [1.807, 2.05) is 19.2 Å². The molecule has 0 aliphatic carbocycles. The van der Waals surface area contributed by atoms with Crippen LogP contribution in [0.25, 0.3) is 0 Å². The van der Waals surface area contributed by atoms with E-state index in [0.29, 0.717) is 0 Å². The van der Waals surface area contributed by atoms with Crippen molar-refractivity contribution in [3.05, 3.63) is 20.1 Å². The van der Waals surface area contributed by atoms with Crippen molar-refractivity contribution in [2.24, 2.45) is 0 Å². The smallest absolute Gasteiger partial charge is 1.00 e. The predicted octanol–water partition coefficient (Wildman–Crippen LogP) is 9.05. The molecule has 2 aliphatic rings. The molecule has 0 radical (unpaired) electrons. The normalized spacial score (nSPS) is 18.1. The Balaban J connectivity index is -0.0000000631. The summed E-state index contributed by atoms with van der Waals surface area (Å²) in [5, 5.41) is 0. The Morgan fingerprint density at radius 3 is 1.19 bits per heavy atom. The molecule has 2 rings (SSSR count). The summed E-state index contributed by atoms with van der Waals surface area (Å²) in [6.07, 6.45) is 9.93. The van der Waals surface area contributed by atoms with Crippen LogP contribution in [0.15, 0.2) is 12.7 Å². The Morgan fingerprint density at radius 2 is 0.968 bits per heavy atom. The summed E-state index contributed by atoms with van der Waals surface area (Å²) >= 11 is 0. The summed E-state index contributed by atoms with van der Waals surface area (Å²) < 4.78 is 20.0. The molecule has 2 heterocycles. The van der Waals surface area contributed by atoms with Gasteiger partial charge >= 0.3 is 37.7 Å². The molecule has 2 saturated heterocycles. The van der Waals surface area contributed by atoms with Crippen LogP contribution in [0.3, 0.4) is 0 Å². The molecule has 0 aromatic heterocycles. The summed E-state index contributed by atoms with van der Waals surface area (Å²) in [4.78, 5) is 11.7. The van der Waals surface area contributed by atoms with Crippen LogP contribution < -0.4 is 42.5 Å². The quantitative estimate of drug-likeness (QED) is 0.0875. The van der Waals surface area contributed by atoms with Crippen LogP contribution in [-0.4, -0.2) is 121 Å². The number of hydrogen-bond acceptors (Lipinski definition) is 6. The molecule has 2 fully saturated rings. The summed E-state index contributed by atoms with van der Waals surface area (Å²) in [5.74, 6) is 0. The van der Waals surface area contributed by atoms with Gasteiger partial charge in [0, 0.05) is 40.8 Å². The SMILES string of the molecule is C.C.C.C.C=CCN([Si](C)(C)C)[Si](C)(C)C.C[SiH]1CCCCO1.C[Si](C)([O-])CCCN([Si](C)(C)C)[Si](C)(C)C.C[Si]1(CCCN([Si](C)(C)C)[Si](C)(C)C)CCCCO1.[CH3-].[H-].[Li+].[Li+].[Pt]. The predicted molar refractivity (Wildman–Crippen MR) is 306 cm³/mol. The molecular weight excluding hydrogens is 1080 g/mol. The maximum Gasteiger partial charge on any atom is 1.00 e. The molecule has 62 heavy (non-hydrogen) atoms. The van der Waals surface area contributed by atoms with Gasteiger partial charge in [0.15, 0.2) is 17.4 Å². The molecule has 0 bridgehead atoms. The Morgan fingerprint density at radius 1 is 0.613 bits per heavy atom. The van der Waals surface area contributed by atoms with Crippen LogP contribution in [-0.2, 0) is 29.9 Å². The van der Waals surface area contributed by atoms with Crippen molar-refractivity contribution in [1.29, 1.82) is 0 Å². The summed E-state index contributed by atoms with van der Waals surface area (Å²) in [7, 11) is -11.0. The van der Waals surface area contributed by atoms with E-state index in [1.54, 1.807) is 0 Å². The van der Waals surface area contributed by atoms with Crippen molar-refractivity contribution in [1.82, 2.24) is 12.7 Å². The van der Waals surface area contributed by atoms with Crippen LogP contribution in [0, 0.1) is 7.43 Å². The van der Waals surface area contributed by atoms with Gasteiger partial charge in [0.2, 0.25) is 0 Å². The van der Waals surface area contributed by atoms with Crippen molar-refractivity contribution in [3.63, 3.8) is 0 Å². The minimum atomic E-state index is -2.09. The van der Waals surface area contributed by atoms with Gasteiger partial charge in [-0.2, -0.15) is 0 Å². The van der Waals surface area contributed by atoms with E-state index in [-0.39, 0.29) is 97.3 Å². The standard InChI is InChI=1S/C14H35NOSi3.C11H30NOSi3.C9H23NSi2.C5H12OSi.4CH4.CH3.2Li.Pt.H/c1-17(2,3)15(18(4,5)6)11-10-14-19(7)13-9-8-12-16-19;1-14(2,3)12(15(4,5)6)10-9-11-16(7,8)13;1-8-9-10(11(2,3)4)12(5,6)7;1-7-5-3-2-4-6-7;;;;;;;;;/h8-14H2,1-7H3;9-11H2,1-8H3;8H,1,9H2,2-7H3;7H,2-5H2,1H3;4*1H4;1H3;;;;/q;-1;;;;;;;-1;2*+1;;-1. The Hall–Kier alpha value is 3.34. The van der Waals surface area contributed by atoms with Gasteiger partial charge in [0.1, 0.15) is 49.4 Å². The monoisotopic (exact) mass is 1200 g/mol. The molecule has 2 aliphatic heterocycles. The molecule has 378 valence electrons. The molecule has 18 heteroatoms. The van der Waals surface area contributed by atoms with Crippen LogP contribution in [0.2, 0.25) is 168 Å². The molecule has 0 amide bonds. The van der Waals surface area contributed by atoms with E-state index in [4.69, 9.17) is 8.85 Å². The largest absolute Gasteiger partial charge is 1.00 e. The Kier molecular flexibility index (Phi) is 55.6. The van der Waals surface area contributed by atoms with Crippen LogP contribution in [0.4, 0.5) is 0 Å². The van der Waals surface area contributed by atoms with Crippen molar-refractivity contribution in [2.45, 2.75) is 236 Å². The molecule has 0 aromatic carbocycles. The first-order valence-electron chi connectivity index (χ1n) is 21.9. The zero-order valence-electron chi connectivity index (χ0n) is 45.4. The third kappa shape index (κ3) is 44.5. The molecule has 0 N–H and O–H groups in total. The average Bonchev–Trinajstić information content (AvgIpc) is 2.94. The molecular formula is C44H120Li2N3O3PtSi9-. The zero-order valence-corrected chi connectivity index (χ0v) is 55.8. The molecule has 2 unspecified atom stereocenters. The molecule has 2 atom stereocenters. The molecule has 0 aromatic rings. The van der Waals surface area contributed by atoms with E-state index in [2.05, 4.69) is 150 Å². The first kappa shape index (κ1) is 88.3. The third-order valence-corrected chi connectivity index (χ3v) is 40.7. The van der Waals surface area contributed by atoms with Crippen LogP contribution in [0.1, 0.15) is 69.7 Å². The van der Waals surface area contributed by atoms with Crippen molar-refractivity contribution >= 4 is 75.1 Å². The Labute approximate surface area is 446 Å². The van der Waals surface area contributed by atoms with Gasteiger partial charge in [-0.3, -0.25) is 0 Å².